The molecule has 0 aromatic carbocycles. The number of nitrogens with one attached hydrogen (secondary N) is 1. The first-order chi connectivity index (χ1) is 7.58. The molecule has 0 bridgehead atoms. The Bertz CT molecular complexity index is 354. The zero-order valence-electron chi connectivity index (χ0n) is 10.4. The molecule has 0 saturated carbocycles. The molecule has 5 heteroatoms. The smallest absolute Gasteiger partial charge is 0.147 e. The molecule has 0 fully saturated rings. The molecule has 1 unspecified atom stereocenters. The monoisotopic (exact) mass is 240 g/mol. The number of rotatable bonds is 5. The van der Waals surface area contributed by atoms with Crippen LogP contribution in [-0.4, -0.2) is 15.7 Å². The van der Waals surface area contributed by atoms with E-state index in [4.69, 9.17) is 5.84 Å². The van der Waals surface area contributed by atoms with Gasteiger partial charge in [0.1, 0.15) is 16.7 Å². The second kappa shape index (κ2) is 6.06. The maximum absolute atomic E-state index is 5.42. The van der Waals surface area contributed by atoms with Gasteiger partial charge in [-0.05, 0) is 19.8 Å². The van der Waals surface area contributed by atoms with Gasteiger partial charge in [-0.3, -0.25) is 0 Å². The number of thioether (sulfide) groups is 1. The van der Waals surface area contributed by atoms with Crippen LogP contribution < -0.4 is 11.3 Å². The highest BCUT2D eigenvalue weighted by atomic mass is 32.2. The van der Waals surface area contributed by atoms with Crippen LogP contribution in [-0.2, 0) is 0 Å². The summed E-state index contributed by atoms with van der Waals surface area (Å²) >= 11 is 1.78. The zero-order valence-corrected chi connectivity index (χ0v) is 11.2. The standard InChI is InChI=1S/C11H20N4S/c1-5-7(2)6-16-11-8(3)10(15-12)13-9(4)14-11/h7H,5-6,12H2,1-4H3,(H,13,14,15). The first kappa shape index (κ1) is 13.3. The third-order valence-corrected chi connectivity index (χ3v) is 3.96. The van der Waals surface area contributed by atoms with Crippen molar-refractivity contribution >= 4 is 17.6 Å². The van der Waals surface area contributed by atoms with E-state index in [0.717, 1.165) is 28.0 Å². The fraction of sp³-hybridized carbons (Fsp3) is 0.636. The molecule has 3 N–H and O–H groups in total. The van der Waals surface area contributed by atoms with Crippen molar-refractivity contribution in [1.29, 1.82) is 0 Å². The van der Waals surface area contributed by atoms with E-state index in [0.29, 0.717) is 5.92 Å². The predicted molar refractivity (Wildman–Crippen MR) is 69.5 cm³/mol. The Morgan fingerprint density at radius 2 is 2.06 bits per heavy atom. The first-order valence-electron chi connectivity index (χ1n) is 5.53. The van der Waals surface area contributed by atoms with Crippen molar-refractivity contribution < 1.29 is 0 Å². The molecular weight excluding hydrogens is 220 g/mol. The Morgan fingerprint density at radius 3 is 2.62 bits per heavy atom. The van der Waals surface area contributed by atoms with Crippen LogP contribution in [0.25, 0.3) is 0 Å². The van der Waals surface area contributed by atoms with Gasteiger partial charge in [-0.15, -0.1) is 11.8 Å². The third-order valence-electron chi connectivity index (χ3n) is 2.55. The molecule has 0 amide bonds. The molecule has 1 rings (SSSR count). The van der Waals surface area contributed by atoms with Crippen LogP contribution in [0, 0.1) is 19.8 Å². The summed E-state index contributed by atoms with van der Waals surface area (Å²) < 4.78 is 0. The van der Waals surface area contributed by atoms with E-state index in [1.165, 1.54) is 6.42 Å². The van der Waals surface area contributed by atoms with Gasteiger partial charge in [-0.1, -0.05) is 20.3 Å². The average molecular weight is 240 g/mol. The summed E-state index contributed by atoms with van der Waals surface area (Å²) in [5.41, 5.74) is 3.64. The molecule has 0 aliphatic heterocycles. The molecule has 16 heavy (non-hydrogen) atoms. The van der Waals surface area contributed by atoms with Crippen LogP contribution in [0.2, 0.25) is 0 Å². The molecule has 0 spiro atoms. The lowest BCUT2D eigenvalue weighted by Crippen LogP contribution is -2.12. The summed E-state index contributed by atoms with van der Waals surface area (Å²) in [6.07, 6.45) is 1.19. The lowest BCUT2D eigenvalue weighted by atomic mass is 10.2. The fourth-order valence-electron chi connectivity index (χ4n) is 1.22. The van der Waals surface area contributed by atoms with E-state index in [2.05, 4.69) is 29.2 Å². The number of nitrogen functional groups attached to an aromatic ring is 1. The van der Waals surface area contributed by atoms with Gasteiger partial charge in [0.15, 0.2) is 0 Å². The highest BCUT2D eigenvalue weighted by molar-refractivity contribution is 7.99. The van der Waals surface area contributed by atoms with Crippen molar-refractivity contribution in [3.8, 4) is 0 Å². The molecule has 0 aliphatic rings. The summed E-state index contributed by atoms with van der Waals surface area (Å²) in [5.74, 6) is 8.68. The van der Waals surface area contributed by atoms with Crippen molar-refractivity contribution in [3.63, 3.8) is 0 Å². The Morgan fingerprint density at radius 1 is 1.38 bits per heavy atom. The van der Waals surface area contributed by atoms with Crippen molar-refractivity contribution in [2.75, 3.05) is 11.2 Å². The van der Waals surface area contributed by atoms with Crippen LogP contribution in [0.3, 0.4) is 0 Å². The molecular formula is C11H20N4S. The van der Waals surface area contributed by atoms with Gasteiger partial charge in [-0.25, -0.2) is 15.8 Å². The van der Waals surface area contributed by atoms with Gasteiger partial charge in [0.2, 0.25) is 0 Å². The second-order valence-corrected chi connectivity index (χ2v) is 5.03. The lowest BCUT2D eigenvalue weighted by molar-refractivity contribution is 0.636. The number of anilines is 1. The average Bonchev–Trinajstić information content (AvgIpc) is 2.29. The molecule has 0 radical (unpaired) electrons. The SMILES string of the molecule is CCC(C)CSc1nc(C)nc(NN)c1C. The molecule has 1 atom stereocenters. The minimum atomic E-state index is 0.703. The van der Waals surface area contributed by atoms with Crippen LogP contribution in [0.1, 0.15) is 31.7 Å². The lowest BCUT2D eigenvalue weighted by Gasteiger charge is -2.12. The van der Waals surface area contributed by atoms with E-state index >= 15 is 0 Å². The normalized spacial score (nSPS) is 12.6. The van der Waals surface area contributed by atoms with Gasteiger partial charge in [-0.2, -0.15) is 0 Å². The number of aryl methyl sites for hydroxylation is 1. The van der Waals surface area contributed by atoms with E-state index in [1.807, 2.05) is 13.8 Å². The fourth-order valence-corrected chi connectivity index (χ4v) is 2.41. The molecule has 0 saturated heterocycles. The summed E-state index contributed by atoms with van der Waals surface area (Å²) in [6.45, 7) is 8.33. The maximum Gasteiger partial charge on any atom is 0.147 e. The van der Waals surface area contributed by atoms with Crippen molar-refractivity contribution in [2.24, 2.45) is 11.8 Å². The Labute approximate surface area is 101 Å². The number of nitrogens with two attached hydrogens (primary N) is 1. The van der Waals surface area contributed by atoms with Crippen molar-refractivity contribution in [2.45, 2.75) is 39.1 Å². The van der Waals surface area contributed by atoms with Gasteiger partial charge >= 0.3 is 0 Å². The molecule has 1 aromatic rings. The van der Waals surface area contributed by atoms with Gasteiger partial charge < -0.3 is 5.43 Å². The van der Waals surface area contributed by atoms with Crippen LogP contribution in [0.4, 0.5) is 5.82 Å². The van der Waals surface area contributed by atoms with E-state index in [1.54, 1.807) is 11.8 Å². The largest absolute Gasteiger partial charge is 0.308 e. The van der Waals surface area contributed by atoms with Gasteiger partial charge in [0.05, 0.1) is 0 Å². The minimum Gasteiger partial charge on any atom is -0.308 e. The van der Waals surface area contributed by atoms with E-state index < -0.39 is 0 Å². The summed E-state index contributed by atoms with van der Waals surface area (Å²) in [5, 5.41) is 1.03. The van der Waals surface area contributed by atoms with Crippen molar-refractivity contribution in [1.82, 2.24) is 9.97 Å². The number of nitrogens with zero attached hydrogens (tertiary/aromatic N) is 2. The third kappa shape index (κ3) is 3.35. The van der Waals surface area contributed by atoms with Crippen LogP contribution in [0.5, 0.6) is 0 Å². The Hall–Kier alpha value is -0.810. The molecule has 1 aromatic heterocycles. The predicted octanol–water partition coefficient (Wildman–Crippen LogP) is 2.52. The number of hydrogen-bond donors (Lipinski definition) is 2. The highest BCUT2D eigenvalue weighted by Gasteiger charge is 2.10. The van der Waals surface area contributed by atoms with Gasteiger partial charge in [0.25, 0.3) is 0 Å². The quantitative estimate of drug-likeness (QED) is 0.358. The minimum absolute atomic E-state index is 0.703. The molecule has 1 heterocycles. The second-order valence-electron chi connectivity index (χ2n) is 4.02. The highest BCUT2D eigenvalue weighted by Crippen LogP contribution is 2.26. The van der Waals surface area contributed by atoms with Gasteiger partial charge in [0, 0.05) is 11.3 Å². The number of aromatic nitrogens is 2. The Kier molecular flexibility index (Phi) is 5.02. The van der Waals surface area contributed by atoms with Crippen LogP contribution in [0.15, 0.2) is 5.03 Å². The summed E-state index contributed by atoms with van der Waals surface area (Å²) in [6, 6.07) is 0. The van der Waals surface area contributed by atoms with Crippen LogP contribution >= 0.6 is 11.8 Å². The summed E-state index contributed by atoms with van der Waals surface area (Å²) in [4.78, 5) is 8.68. The summed E-state index contributed by atoms with van der Waals surface area (Å²) in [7, 11) is 0. The zero-order chi connectivity index (χ0) is 12.1. The molecule has 4 nitrogen and oxygen atoms in total. The number of hydrazine groups is 1. The van der Waals surface area contributed by atoms with E-state index in [-0.39, 0.29) is 0 Å². The Balaban J connectivity index is 2.83. The first-order valence-corrected chi connectivity index (χ1v) is 6.51. The van der Waals surface area contributed by atoms with E-state index in [9.17, 15) is 0 Å². The molecule has 0 aliphatic carbocycles. The van der Waals surface area contributed by atoms with Crippen molar-refractivity contribution in [3.05, 3.63) is 11.4 Å². The number of hydrogen-bond acceptors (Lipinski definition) is 5. The topological polar surface area (TPSA) is 63.8 Å². The maximum atomic E-state index is 5.42. The molecule has 90 valence electrons.